The fourth-order valence-corrected chi connectivity index (χ4v) is 1.76. The molecule has 0 aliphatic heterocycles. The van der Waals surface area contributed by atoms with Crippen molar-refractivity contribution < 1.29 is 4.74 Å². The van der Waals surface area contributed by atoms with Gasteiger partial charge in [-0.05, 0) is 12.5 Å². The minimum atomic E-state index is 0.160. The van der Waals surface area contributed by atoms with Gasteiger partial charge < -0.3 is 4.74 Å². The molecule has 0 aliphatic carbocycles. The molecule has 3 heteroatoms. The van der Waals surface area contributed by atoms with Crippen LogP contribution in [0.1, 0.15) is 22.6 Å². The van der Waals surface area contributed by atoms with E-state index in [1.807, 2.05) is 24.3 Å². The first-order valence-corrected chi connectivity index (χ1v) is 6.08. The predicted molar refractivity (Wildman–Crippen MR) is 62.8 cm³/mol. The van der Waals surface area contributed by atoms with E-state index >= 15 is 0 Å². The summed E-state index contributed by atoms with van der Waals surface area (Å²) in [5, 5.41) is 0. The van der Waals surface area contributed by atoms with Crippen LogP contribution in [-0.4, -0.2) is 6.61 Å². The Morgan fingerprint density at radius 2 is 2.00 bits per heavy atom. The van der Waals surface area contributed by atoms with Crippen LogP contribution < -0.4 is 4.74 Å². The van der Waals surface area contributed by atoms with Crippen molar-refractivity contribution in [3.63, 3.8) is 0 Å². The second-order valence-corrected chi connectivity index (χ2v) is 5.75. The average molecular weight is 308 g/mol. The van der Waals surface area contributed by atoms with Crippen LogP contribution in [0.5, 0.6) is 5.75 Å². The number of hydrogen-bond donors (Lipinski definition) is 0. The van der Waals surface area contributed by atoms with E-state index in [2.05, 4.69) is 38.8 Å². The number of benzene rings is 1. The van der Waals surface area contributed by atoms with Crippen LogP contribution >= 0.6 is 31.9 Å². The molecule has 72 valence electrons. The Morgan fingerprint density at radius 3 is 2.62 bits per heavy atom. The summed E-state index contributed by atoms with van der Waals surface area (Å²) >= 11 is 6.92. The Labute approximate surface area is 95.7 Å². The quantitative estimate of drug-likeness (QED) is 0.755. The second-order valence-electron chi connectivity index (χ2n) is 2.69. The first-order valence-electron chi connectivity index (χ1n) is 4.25. The summed E-state index contributed by atoms with van der Waals surface area (Å²) in [6, 6.07) is 8.01. The van der Waals surface area contributed by atoms with Crippen molar-refractivity contribution in [3.05, 3.63) is 29.8 Å². The maximum Gasteiger partial charge on any atom is 0.124 e. The summed E-state index contributed by atoms with van der Waals surface area (Å²) in [4.78, 5) is 0. The van der Waals surface area contributed by atoms with Crippen molar-refractivity contribution >= 4 is 31.9 Å². The number of halogens is 2. The summed E-state index contributed by atoms with van der Waals surface area (Å²) in [6.45, 7) is 2.87. The Hall–Kier alpha value is -0.0200. The third-order valence-corrected chi connectivity index (χ3v) is 2.60. The molecule has 1 nitrogen and oxygen atoms in total. The molecule has 0 radical (unpaired) electrons. The minimum absolute atomic E-state index is 0.160. The van der Waals surface area contributed by atoms with Gasteiger partial charge in [-0.2, -0.15) is 0 Å². The van der Waals surface area contributed by atoms with Crippen LogP contribution in [0.15, 0.2) is 24.3 Å². The number of alkyl halides is 2. The van der Waals surface area contributed by atoms with Crippen LogP contribution in [0.4, 0.5) is 0 Å². The van der Waals surface area contributed by atoms with E-state index in [1.54, 1.807) is 0 Å². The molecule has 0 aromatic heterocycles. The molecule has 0 aliphatic rings. The zero-order valence-electron chi connectivity index (χ0n) is 7.47. The largest absolute Gasteiger partial charge is 0.493 e. The lowest BCUT2D eigenvalue weighted by Gasteiger charge is -2.10. The van der Waals surface area contributed by atoms with Crippen LogP contribution in [0.25, 0.3) is 0 Å². The number of rotatable bonds is 4. The Kier molecular flexibility index (Phi) is 4.81. The highest BCUT2D eigenvalue weighted by Crippen LogP contribution is 2.35. The van der Waals surface area contributed by atoms with Gasteiger partial charge >= 0.3 is 0 Å². The van der Waals surface area contributed by atoms with E-state index in [9.17, 15) is 0 Å². The fraction of sp³-hybridized carbons (Fsp3) is 0.400. The highest BCUT2D eigenvalue weighted by molar-refractivity contribution is 9.24. The molecule has 1 rings (SSSR count). The number of ether oxygens (including phenoxy) is 1. The van der Waals surface area contributed by atoms with Crippen molar-refractivity contribution in [2.75, 3.05) is 6.61 Å². The van der Waals surface area contributed by atoms with Crippen LogP contribution in [0.2, 0.25) is 0 Å². The molecule has 0 atom stereocenters. The van der Waals surface area contributed by atoms with Crippen molar-refractivity contribution in [1.82, 2.24) is 0 Å². The molecule has 0 N–H and O–H groups in total. The summed E-state index contributed by atoms with van der Waals surface area (Å²) < 4.78 is 5.75. The molecule has 13 heavy (non-hydrogen) atoms. The van der Waals surface area contributed by atoms with Gasteiger partial charge in [-0.25, -0.2) is 0 Å². The SMILES string of the molecule is CCCOc1ccccc1C(Br)Br. The minimum Gasteiger partial charge on any atom is -0.493 e. The molecule has 0 saturated heterocycles. The Balaban J connectivity index is 2.78. The van der Waals surface area contributed by atoms with Crippen LogP contribution in [-0.2, 0) is 0 Å². The smallest absolute Gasteiger partial charge is 0.124 e. The molecule has 0 unspecified atom stereocenters. The van der Waals surface area contributed by atoms with Crippen molar-refractivity contribution in [2.45, 2.75) is 17.1 Å². The number of hydrogen-bond acceptors (Lipinski definition) is 1. The molecule has 0 amide bonds. The van der Waals surface area contributed by atoms with Gasteiger partial charge in [0, 0.05) is 5.56 Å². The Bertz CT molecular complexity index is 261. The summed E-state index contributed by atoms with van der Waals surface area (Å²) in [7, 11) is 0. The van der Waals surface area contributed by atoms with E-state index in [1.165, 1.54) is 0 Å². The lowest BCUT2D eigenvalue weighted by molar-refractivity contribution is 0.315. The molecule has 0 spiro atoms. The normalized spacial score (nSPS) is 10.5. The lowest BCUT2D eigenvalue weighted by Crippen LogP contribution is -1.97. The summed E-state index contributed by atoms with van der Waals surface area (Å²) in [5.74, 6) is 0.947. The third-order valence-electron chi connectivity index (χ3n) is 1.62. The highest BCUT2D eigenvalue weighted by atomic mass is 79.9. The van der Waals surface area contributed by atoms with E-state index in [4.69, 9.17) is 4.74 Å². The van der Waals surface area contributed by atoms with E-state index < -0.39 is 0 Å². The molecule has 0 heterocycles. The van der Waals surface area contributed by atoms with Gasteiger partial charge in [0.25, 0.3) is 0 Å². The monoisotopic (exact) mass is 306 g/mol. The summed E-state index contributed by atoms with van der Waals surface area (Å²) in [6.07, 6.45) is 1.03. The van der Waals surface area contributed by atoms with Gasteiger partial charge in [-0.15, -0.1) is 0 Å². The van der Waals surface area contributed by atoms with Gasteiger partial charge in [0.1, 0.15) is 5.75 Å². The van der Waals surface area contributed by atoms with Gasteiger partial charge in [-0.3, -0.25) is 0 Å². The maximum absolute atomic E-state index is 5.59. The molecule has 1 aromatic carbocycles. The average Bonchev–Trinajstić information content (AvgIpc) is 2.15. The van der Waals surface area contributed by atoms with Gasteiger partial charge in [0.15, 0.2) is 0 Å². The second kappa shape index (κ2) is 5.66. The van der Waals surface area contributed by atoms with E-state index in [0.29, 0.717) is 0 Å². The van der Waals surface area contributed by atoms with E-state index in [0.717, 1.165) is 24.3 Å². The molecule has 1 aromatic rings. The number of para-hydroxylation sites is 1. The van der Waals surface area contributed by atoms with Gasteiger partial charge in [0.2, 0.25) is 0 Å². The molecular weight excluding hydrogens is 296 g/mol. The standard InChI is InChI=1S/C10H12Br2O/c1-2-7-13-9-6-4-3-5-8(9)10(11)12/h3-6,10H,2,7H2,1H3. The van der Waals surface area contributed by atoms with Crippen molar-refractivity contribution in [1.29, 1.82) is 0 Å². The molecule has 0 bridgehead atoms. The zero-order chi connectivity index (χ0) is 9.68. The molecule has 0 saturated carbocycles. The zero-order valence-corrected chi connectivity index (χ0v) is 10.6. The Morgan fingerprint density at radius 1 is 1.31 bits per heavy atom. The molecule has 0 fully saturated rings. The fourth-order valence-electron chi connectivity index (χ4n) is 1.00. The molecular formula is C10H12Br2O. The highest BCUT2D eigenvalue weighted by Gasteiger charge is 2.08. The first-order chi connectivity index (χ1) is 6.25. The third kappa shape index (κ3) is 3.31. The van der Waals surface area contributed by atoms with Crippen molar-refractivity contribution in [2.24, 2.45) is 0 Å². The van der Waals surface area contributed by atoms with Crippen LogP contribution in [0.3, 0.4) is 0 Å². The topological polar surface area (TPSA) is 9.23 Å². The van der Waals surface area contributed by atoms with Crippen LogP contribution in [0, 0.1) is 0 Å². The van der Waals surface area contributed by atoms with Gasteiger partial charge in [0.05, 0.1) is 10.3 Å². The summed E-state index contributed by atoms with van der Waals surface area (Å²) in [5.41, 5.74) is 1.14. The van der Waals surface area contributed by atoms with Gasteiger partial charge in [-0.1, -0.05) is 57.0 Å². The predicted octanol–water partition coefficient (Wildman–Crippen LogP) is 4.26. The first kappa shape index (κ1) is 11.1. The maximum atomic E-state index is 5.59. The van der Waals surface area contributed by atoms with E-state index in [-0.39, 0.29) is 3.74 Å². The lowest BCUT2D eigenvalue weighted by atomic mass is 10.2. The van der Waals surface area contributed by atoms with Crippen molar-refractivity contribution in [3.8, 4) is 5.75 Å².